The van der Waals surface area contributed by atoms with Crippen LogP contribution in [0.4, 0.5) is 0 Å². The van der Waals surface area contributed by atoms with Gasteiger partial charge < -0.3 is 5.11 Å². The molecule has 20 heavy (non-hydrogen) atoms. The third-order valence-electron chi connectivity index (χ3n) is 3.59. The number of carboxylic acid groups (broad SMARTS) is 1. The lowest BCUT2D eigenvalue weighted by Crippen LogP contribution is -2.22. The Morgan fingerprint density at radius 2 is 2.20 bits per heavy atom. The summed E-state index contributed by atoms with van der Waals surface area (Å²) in [7, 11) is 0. The lowest BCUT2D eigenvalue weighted by atomic mass is 10.1. The highest BCUT2D eigenvalue weighted by atomic mass is 35.5. The van der Waals surface area contributed by atoms with Crippen LogP contribution >= 0.6 is 11.6 Å². The van der Waals surface area contributed by atoms with Crippen molar-refractivity contribution < 1.29 is 9.90 Å². The van der Waals surface area contributed by atoms with Crippen molar-refractivity contribution >= 4 is 17.6 Å². The average molecular weight is 293 g/mol. The van der Waals surface area contributed by atoms with E-state index in [1.54, 1.807) is 10.7 Å². The number of halogens is 1. The molecule has 0 atom stereocenters. The fraction of sp³-hybridized carbons (Fsp3) is 0.385. The van der Waals surface area contributed by atoms with Crippen molar-refractivity contribution in [3.63, 3.8) is 0 Å². The van der Waals surface area contributed by atoms with Gasteiger partial charge in [0, 0.05) is 10.6 Å². The van der Waals surface area contributed by atoms with Crippen LogP contribution in [0, 0.1) is 12.3 Å². The monoisotopic (exact) mass is 292 g/mol. The molecule has 6 nitrogen and oxygen atoms in total. The highest BCUT2D eigenvalue weighted by Gasteiger charge is 2.51. The van der Waals surface area contributed by atoms with Gasteiger partial charge in [0.25, 0.3) is 0 Å². The Hall–Kier alpha value is -1.95. The molecule has 0 spiro atoms. The maximum absolute atomic E-state index is 11.3. The molecule has 1 saturated carbocycles. The zero-order valence-electron chi connectivity index (χ0n) is 10.9. The standard InChI is InChI=1S/C13H13ClN4O2/c1-8-4-9(6-10(14)5-8)11-15-16-17-18(11)7-13(2-3-13)12(19)20/h4-6H,2-3,7H2,1H3,(H,19,20). The third kappa shape index (κ3) is 2.27. The van der Waals surface area contributed by atoms with Gasteiger partial charge in [-0.05, 0) is 54.0 Å². The minimum atomic E-state index is -0.791. The highest BCUT2D eigenvalue weighted by molar-refractivity contribution is 6.30. The maximum atomic E-state index is 11.3. The van der Waals surface area contributed by atoms with Gasteiger partial charge in [0.15, 0.2) is 5.82 Å². The number of benzene rings is 1. The maximum Gasteiger partial charge on any atom is 0.311 e. The topological polar surface area (TPSA) is 80.9 Å². The molecule has 1 N–H and O–H groups in total. The summed E-state index contributed by atoms with van der Waals surface area (Å²) >= 11 is 6.04. The van der Waals surface area contributed by atoms with Gasteiger partial charge in [-0.1, -0.05) is 11.6 Å². The Bertz CT molecular complexity index is 659. The Balaban J connectivity index is 1.96. The fourth-order valence-corrected chi connectivity index (χ4v) is 2.55. The summed E-state index contributed by atoms with van der Waals surface area (Å²) in [5.74, 6) is -0.246. The lowest BCUT2D eigenvalue weighted by Gasteiger charge is -2.11. The second-order valence-electron chi connectivity index (χ2n) is 5.26. The van der Waals surface area contributed by atoms with Crippen LogP contribution in [-0.2, 0) is 11.3 Å². The van der Waals surface area contributed by atoms with Crippen LogP contribution in [0.5, 0.6) is 0 Å². The molecule has 104 valence electrons. The number of nitrogens with zero attached hydrogens (tertiary/aromatic N) is 4. The summed E-state index contributed by atoms with van der Waals surface area (Å²) in [6.45, 7) is 2.22. The third-order valence-corrected chi connectivity index (χ3v) is 3.81. The van der Waals surface area contributed by atoms with E-state index in [4.69, 9.17) is 11.6 Å². The number of rotatable bonds is 4. The Labute approximate surface area is 120 Å². The number of hydrogen-bond acceptors (Lipinski definition) is 4. The normalized spacial score (nSPS) is 16.1. The number of carboxylic acids is 1. The molecule has 1 aromatic heterocycles. The van der Waals surface area contributed by atoms with Gasteiger partial charge in [0.2, 0.25) is 0 Å². The molecular formula is C13H13ClN4O2. The molecule has 0 unspecified atom stereocenters. The summed E-state index contributed by atoms with van der Waals surface area (Å²) in [5.41, 5.74) is 1.08. The van der Waals surface area contributed by atoms with Crippen molar-refractivity contribution in [1.82, 2.24) is 20.2 Å². The van der Waals surface area contributed by atoms with Gasteiger partial charge in [-0.3, -0.25) is 4.79 Å². The largest absolute Gasteiger partial charge is 0.481 e. The first-order chi connectivity index (χ1) is 9.50. The SMILES string of the molecule is Cc1cc(Cl)cc(-c2nnnn2CC2(C(=O)O)CC2)c1. The molecule has 0 amide bonds. The van der Waals surface area contributed by atoms with Crippen molar-refractivity contribution in [3.8, 4) is 11.4 Å². The Morgan fingerprint density at radius 1 is 1.45 bits per heavy atom. The van der Waals surface area contributed by atoms with E-state index < -0.39 is 11.4 Å². The fourth-order valence-electron chi connectivity index (χ4n) is 2.26. The number of carbonyl (C=O) groups is 1. The summed E-state index contributed by atoms with van der Waals surface area (Å²) in [6.07, 6.45) is 1.33. The van der Waals surface area contributed by atoms with E-state index in [1.165, 1.54) is 0 Å². The molecule has 2 aromatic rings. The lowest BCUT2D eigenvalue weighted by molar-refractivity contribution is -0.144. The second kappa shape index (κ2) is 4.56. The zero-order valence-corrected chi connectivity index (χ0v) is 11.6. The van der Waals surface area contributed by atoms with E-state index in [2.05, 4.69) is 15.5 Å². The van der Waals surface area contributed by atoms with E-state index in [0.29, 0.717) is 23.7 Å². The predicted octanol–water partition coefficient (Wildman–Crippen LogP) is 2.17. The van der Waals surface area contributed by atoms with E-state index >= 15 is 0 Å². The van der Waals surface area contributed by atoms with Gasteiger partial charge in [-0.2, -0.15) is 0 Å². The first-order valence-corrected chi connectivity index (χ1v) is 6.65. The first-order valence-electron chi connectivity index (χ1n) is 6.27. The van der Waals surface area contributed by atoms with Crippen molar-refractivity contribution in [2.75, 3.05) is 0 Å². The first kappa shape index (κ1) is 13.1. The summed E-state index contributed by atoms with van der Waals surface area (Å²) in [6, 6.07) is 5.55. The predicted molar refractivity (Wildman–Crippen MR) is 72.3 cm³/mol. The van der Waals surface area contributed by atoms with Gasteiger partial charge in [0.1, 0.15) is 0 Å². The molecular weight excluding hydrogens is 280 g/mol. The Kier molecular flexibility index (Phi) is 2.97. The molecule has 0 bridgehead atoms. The van der Waals surface area contributed by atoms with Gasteiger partial charge in [-0.15, -0.1) is 5.10 Å². The summed E-state index contributed by atoms with van der Waals surface area (Å²) < 4.78 is 1.55. The Morgan fingerprint density at radius 3 is 2.80 bits per heavy atom. The molecule has 1 aliphatic carbocycles. The van der Waals surface area contributed by atoms with Crippen LogP contribution in [-0.4, -0.2) is 31.3 Å². The van der Waals surface area contributed by atoms with Crippen molar-refractivity contribution in [1.29, 1.82) is 0 Å². The minimum Gasteiger partial charge on any atom is -0.481 e. The molecule has 3 rings (SSSR count). The van der Waals surface area contributed by atoms with Crippen LogP contribution in [0.3, 0.4) is 0 Å². The smallest absolute Gasteiger partial charge is 0.311 e. The quantitative estimate of drug-likeness (QED) is 0.934. The number of aliphatic carboxylic acids is 1. The molecule has 1 heterocycles. The number of aryl methyl sites for hydroxylation is 1. The van der Waals surface area contributed by atoms with E-state index in [0.717, 1.165) is 11.1 Å². The molecule has 0 aliphatic heterocycles. The van der Waals surface area contributed by atoms with Gasteiger partial charge in [-0.25, -0.2) is 4.68 Å². The summed E-state index contributed by atoms with van der Waals surface area (Å²) in [4.78, 5) is 11.3. The van der Waals surface area contributed by atoms with E-state index in [1.807, 2.05) is 19.1 Å². The number of aromatic nitrogens is 4. The molecule has 1 fully saturated rings. The van der Waals surface area contributed by atoms with Gasteiger partial charge >= 0.3 is 5.97 Å². The second-order valence-corrected chi connectivity index (χ2v) is 5.70. The average Bonchev–Trinajstić information content (AvgIpc) is 2.99. The molecule has 7 heteroatoms. The number of hydrogen-bond donors (Lipinski definition) is 1. The molecule has 0 radical (unpaired) electrons. The van der Waals surface area contributed by atoms with E-state index in [9.17, 15) is 9.90 Å². The van der Waals surface area contributed by atoms with Crippen LogP contribution in [0.1, 0.15) is 18.4 Å². The van der Waals surface area contributed by atoms with Crippen LogP contribution < -0.4 is 0 Å². The molecule has 1 aromatic carbocycles. The van der Waals surface area contributed by atoms with Crippen molar-refractivity contribution in [2.24, 2.45) is 5.41 Å². The van der Waals surface area contributed by atoms with Crippen molar-refractivity contribution in [2.45, 2.75) is 26.3 Å². The molecule has 1 aliphatic rings. The zero-order chi connectivity index (χ0) is 14.3. The highest BCUT2D eigenvalue weighted by Crippen LogP contribution is 2.47. The van der Waals surface area contributed by atoms with Crippen molar-refractivity contribution in [3.05, 3.63) is 28.8 Å². The summed E-state index contributed by atoms with van der Waals surface area (Å²) in [5, 5.41) is 21.4. The number of tetrazole rings is 1. The van der Waals surface area contributed by atoms with Crippen LogP contribution in [0.25, 0.3) is 11.4 Å². The van der Waals surface area contributed by atoms with Gasteiger partial charge in [0.05, 0.1) is 12.0 Å². The van der Waals surface area contributed by atoms with E-state index in [-0.39, 0.29) is 6.54 Å². The van der Waals surface area contributed by atoms with Crippen LogP contribution in [0.15, 0.2) is 18.2 Å². The minimum absolute atomic E-state index is 0.288. The molecule has 0 saturated heterocycles. The van der Waals surface area contributed by atoms with Crippen LogP contribution in [0.2, 0.25) is 5.02 Å².